The average Bonchev–Trinajstić information content (AvgIpc) is 2.56. The first-order valence-corrected chi connectivity index (χ1v) is 5.97. The Kier molecular flexibility index (Phi) is 5.15. The molecular formula is C11H20N2S. The molecule has 0 amide bonds. The smallest absolute Gasteiger partial charge is 0.0101 e. The maximum Gasteiger partial charge on any atom is 0.0101 e. The van der Waals surface area contributed by atoms with Gasteiger partial charge in [0.05, 0.1) is 0 Å². The Morgan fingerprint density at radius 2 is 2.29 bits per heavy atom. The van der Waals surface area contributed by atoms with Crippen LogP contribution in [0.4, 0.5) is 0 Å². The highest BCUT2D eigenvalue weighted by molar-refractivity contribution is 7.09. The third-order valence-electron chi connectivity index (χ3n) is 2.14. The summed E-state index contributed by atoms with van der Waals surface area (Å²) in [6.45, 7) is 4.42. The molecule has 0 saturated carbocycles. The second-order valence-corrected chi connectivity index (χ2v) is 4.97. The fraction of sp³-hybridized carbons (Fsp3) is 0.636. The molecule has 80 valence electrons. The molecule has 0 saturated heterocycles. The summed E-state index contributed by atoms with van der Waals surface area (Å²) >= 11 is 1.84. The lowest BCUT2D eigenvalue weighted by atomic mass is 10.2. The lowest BCUT2D eigenvalue weighted by Gasteiger charge is -2.15. The maximum absolute atomic E-state index is 3.52. The Morgan fingerprint density at radius 3 is 2.86 bits per heavy atom. The van der Waals surface area contributed by atoms with Crippen LogP contribution in [0.2, 0.25) is 0 Å². The summed E-state index contributed by atoms with van der Waals surface area (Å²) in [4.78, 5) is 3.67. The van der Waals surface area contributed by atoms with Gasteiger partial charge in [-0.2, -0.15) is 0 Å². The van der Waals surface area contributed by atoms with E-state index in [0.717, 1.165) is 19.5 Å². The van der Waals surface area contributed by atoms with E-state index in [2.05, 4.69) is 48.7 Å². The van der Waals surface area contributed by atoms with Gasteiger partial charge < -0.3 is 10.2 Å². The van der Waals surface area contributed by atoms with Crippen molar-refractivity contribution in [1.29, 1.82) is 0 Å². The molecule has 1 heterocycles. The largest absolute Gasteiger partial charge is 0.313 e. The van der Waals surface area contributed by atoms with Crippen molar-refractivity contribution in [1.82, 2.24) is 10.2 Å². The van der Waals surface area contributed by atoms with Crippen molar-refractivity contribution in [2.45, 2.75) is 19.4 Å². The normalized spacial score (nSPS) is 13.4. The van der Waals surface area contributed by atoms with Gasteiger partial charge in [0.15, 0.2) is 0 Å². The van der Waals surface area contributed by atoms with E-state index in [1.165, 1.54) is 4.88 Å². The number of rotatable bonds is 6. The van der Waals surface area contributed by atoms with E-state index in [0.29, 0.717) is 6.04 Å². The van der Waals surface area contributed by atoms with Crippen molar-refractivity contribution in [2.75, 3.05) is 27.2 Å². The number of nitrogens with one attached hydrogen (secondary N) is 1. The van der Waals surface area contributed by atoms with Crippen molar-refractivity contribution in [3.63, 3.8) is 0 Å². The van der Waals surface area contributed by atoms with Crippen LogP contribution in [0.3, 0.4) is 0 Å². The molecule has 2 nitrogen and oxygen atoms in total. The molecule has 0 aliphatic rings. The molecular weight excluding hydrogens is 192 g/mol. The first-order valence-electron chi connectivity index (χ1n) is 5.09. The van der Waals surface area contributed by atoms with Gasteiger partial charge in [0, 0.05) is 24.0 Å². The second kappa shape index (κ2) is 6.17. The van der Waals surface area contributed by atoms with Crippen LogP contribution >= 0.6 is 11.3 Å². The summed E-state index contributed by atoms with van der Waals surface area (Å²) in [5.74, 6) is 0. The summed E-state index contributed by atoms with van der Waals surface area (Å²) in [7, 11) is 4.21. The highest BCUT2D eigenvalue weighted by atomic mass is 32.1. The molecule has 1 N–H and O–H groups in total. The number of hydrogen-bond acceptors (Lipinski definition) is 3. The third kappa shape index (κ3) is 4.74. The highest BCUT2D eigenvalue weighted by Crippen LogP contribution is 2.10. The molecule has 0 aliphatic carbocycles. The van der Waals surface area contributed by atoms with E-state index in [-0.39, 0.29) is 0 Å². The van der Waals surface area contributed by atoms with Crippen molar-refractivity contribution in [3.05, 3.63) is 22.4 Å². The zero-order valence-electron chi connectivity index (χ0n) is 9.29. The minimum absolute atomic E-state index is 0.577. The minimum Gasteiger partial charge on any atom is -0.313 e. The second-order valence-electron chi connectivity index (χ2n) is 3.94. The third-order valence-corrected chi connectivity index (χ3v) is 3.04. The monoisotopic (exact) mass is 212 g/mol. The maximum atomic E-state index is 3.52. The number of hydrogen-bond donors (Lipinski definition) is 1. The number of nitrogens with zero attached hydrogens (tertiary/aromatic N) is 1. The molecule has 1 aromatic heterocycles. The van der Waals surface area contributed by atoms with Crippen LogP contribution in [-0.2, 0) is 6.42 Å². The highest BCUT2D eigenvalue weighted by Gasteiger charge is 2.03. The van der Waals surface area contributed by atoms with Crippen LogP contribution in [0.1, 0.15) is 11.8 Å². The van der Waals surface area contributed by atoms with E-state index < -0.39 is 0 Å². The molecule has 3 heteroatoms. The quantitative estimate of drug-likeness (QED) is 0.774. The van der Waals surface area contributed by atoms with Gasteiger partial charge in [-0.1, -0.05) is 6.07 Å². The Balaban J connectivity index is 2.13. The Bertz CT molecular complexity index is 231. The zero-order valence-corrected chi connectivity index (χ0v) is 10.1. The van der Waals surface area contributed by atoms with Crippen molar-refractivity contribution >= 4 is 11.3 Å². The summed E-state index contributed by atoms with van der Waals surface area (Å²) < 4.78 is 0. The van der Waals surface area contributed by atoms with Crippen LogP contribution < -0.4 is 5.32 Å². The molecule has 0 bridgehead atoms. The fourth-order valence-corrected chi connectivity index (χ4v) is 2.17. The van der Waals surface area contributed by atoms with Gasteiger partial charge in [-0.25, -0.2) is 0 Å². The van der Waals surface area contributed by atoms with Crippen LogP contribution in [0.15, 0.2) is 17.5 Å². The zero-order chi connectivity index (χ0) is 10.4. The average molecular weight is 212 g/mol. The van der Waals surface area contributed by atoms with E-state index >= 15 is 0 Å². The Labute approximate surface area is 90.9 Å². The van der Waals surface area contributed by atoms with E-state index in [1.54, 1.807) is 0 Å². The minimum atomic E-state index is 0.577. The van der Waals surface area contributed by atoms with Gasteiger partial charge in [0.2, 0.25) is 0 Å². The Morgan fingerprint density at radius 1 is 1.50 bits per heavy atom. The van der Waals surface area contributed by atoms with E-state index in [4.69, 9.17) is 0 Å². The van der Waals surface area contributed by atoms with Gasteiger partial charge in [-0.05, 0) is 38.9 Å². The lowest BCUT2D eigenvalue weighted by molar-refractivity contribution is 0.387. The van der Waals surface area contributed by atoms with Crippen LogP contribution in [-0.4, -0.2) is 38.1 Å². The van der Waals surface area contributed by atoms with Gasteiger partial charge in [-0.3, -0.25) is 0 Å². The molecule has 1 unspecified atom stereocenters. The first kappa shape index (κ1) is 11.7. The number of likely N-dealkylation sites (N-methyl/N-ethyl adjacent to an activating group) is 1. The standard InChI is InChI=1S/C11H20N2S/c1-10(12-6-7-13(2)3)9-11-5-4-8-14-11/h4-5,8,10,12H,6-7,9H2,1-3H3. The van der Waals surface area contributed by atoms with Gasteiger partial charge in [-0.15, -0.1) is 11.3 Å². The molecule has 1 atom stereocenters. The van der Waals surface area contributed by atoms with E-state index in [9.17, 15) is 0 Å². The molecule has 0 spiro atoms. The molecule has 0 aromatic carbocycles. The van der Waals surface area contributed by atoms with Gasteiger partial charge in [0.1, 0.15) is 0 Å². The predicted molar refractivity (Wildman–Crippen MR) is 64.0 cm³/mol. The summed E-state index contributed by atoms with van der Waals surface area (Å²) in [6, 6.07) is 4.90. The van der Waals surface area contributed by atoms with Crippen molar-refractivity contribution < 1.29 is 0 Å². The molecule has 1 rings (SSSR count). The Hall–Kier alpha value is -0.380. The van der Waals surface area contributed by atoms with Crippen molar-refractivity contribution in [3.8, 4) is 0 Å². The SMILES string of the molecule is CC(Cc1cccs1)NCCN(C)C. The van der Waals surface area contributed by atoms with Crippen LogP contribution in [0, 0.1) is 0 Å². The van der Waals surface area contributed by atoms with Gasteiger partial charge >= 0.3 is 0 Å². The number of thiophene rings is 1. The van der Waals surface area contributed by atoms with Crippen LogP contribution in [0.25, 0.3) is 0 Å². The first-order chi connectivity index (χ1) is 6.68. The summed E-state index contributed by atoms with van der Waals surface area (Å²) in [5.41, 5.74) is 0. The molecule has 14 heavy (non-hydrogen) atoms. The molecule has 0 fully saturated rings. The fourth-order valence-electron chi connectivity index (χ4n) is 1.34. The molecule has 0 radical (unpaired) electrons. The predicted octanol–water partition coefficient (Wildman–Crippen LogP) is 1.83. The van der Waals surface area contributed by atoms with E-state index in [1.807, 2.05) is 11.3 Å². The topological polar surface area (TPSA) is 15.3 Å². The van der Waals surface area contributed by atoms with Crippen LogP contribution in [0.5, 0.6) is 0 Å². The van der Waals surface area contributed by atoms with Gasteiger partial charge in [0.25, 0.3) is 0 Å². The molecule has 0 aliphatic heterocycles. The summed E-state index contributed by atoms with van der Waals surface area (Å²) in [5, 5.41) is 5.66. The van der Waals surface area contributed by atoms with Crippen molar-refractivity contribution in [2.24, 2.45) is 0 Å². The lowest BCUT2D eigenvalue weighted by Crippen LogP contribution is -2.34. The molecule has 1 aromatic rings. The summed E-state index contributed by atoms with van der Waals surface area (Å²) in [6.07, 6.45) is 1.14.